The summed E-state index contributed by atoms with van der Waals surface area (Å²) in [5.74, 6) is 0.455. The van der Waals surface area contributed by atoms with E-state index in [0.29, 0.717) is 24.4 Å². The third kappa shape index (κ3) is 4.55. The van der Waals surface area contributed by atoms with Crippen LogP contribution in [-0.2, 0) is 11.3 Å². The molecule has 4 heterocycles. The van der Waals surface area contributed by atoms with Gasteiger partial charge in [-0.25, -0.2) is 9.78 Å². The molecule has 11 heteroatoms. The molecule has 1 aromatic carbocycles. The van der Waals surface area contributed by atoms with Crippen molar-refractivity contribution in [3.8, 4) is 17.2 Å². The summed E-state index contributed by atoms with van der Waals surface area (Å²) in [6.45, 7) is 3.75. The maximum atomic E-state index is 13.3. The normalized spacial score (nSPS) is 19.4. The van der Waals surface area contributed by atoms with Crippen molar-refractivity contribution >= 4 is 28.7 Å². The average Bonchev–Trinajstić information content (AvgIpc) is 3.29. The topological polar surface area (TPSA) is 108 Å². The van der Waals surface area contributed by atoms with Crippen LogP contribution in [0.1, 0.15) is 36.4 Å². The van der Waals surface area contributed by atoms with Crippen molar-refractivity contribution in [2.45, 2.75) is 51.4 Å². The van der Waals surface area contributed by atoms with Crippen LogP contribution < -0.4 is 15.0 Å². The molecule has 1 saturated heterocycles. The number of piperidine rings is 1. The number of amides is 1. The van der Waals surface area contributed by atoms with E-state index in [0.717, 1.165) is 0 Å². The molecule has 35 heavy (non-hydrogen) atoms. The van der Waals surface area contributed by atoms with Crippen molar-refractivity contribution in [1.29, 1.82) is 0 Å². The highest BCUT2D eigenvalue weighted by Crippen LogP contribution is 2.35. The first kappa shape index (κ1) is 21.1. The number of rotatable bonds is 3. The van der Waals surface area contributed by atoms with Gasteiger partial charge in [0, 0.05) is 19.2 Å². The fourth-order valence-electron chi connectivity index (χ4n) is 4.26. The van der Waals surface area contributed by atoms with E-state index in [9.17, 15) is 14.7 Å². The maximum Gasteiger partial charge on any atom is 0.410 e. The van der Waals surface area contributed by atoms with Gasteiger partial charge >= 0.3 is 6.09 Å². The number of carbonyl (C=O) groups excluding carboxylic acids is 1. The van der Waals surface area contributed by atoms with Crippen LogP contribution in [0, 0.1) is 0 Å². The smallest absolute Gasteiger partial charge is 0.410 e. The number of hydrogen-bond acceptors (Lipinski definition) is 7. The Bertz CT molecular complexity index is 1440. The predicted molar refractivity (Wildman–Crippen MR) is 128 cm³/mol. The van der Waals surface area contributed by atoms with Crippen LogP contribution in [-0.4, -0.2) is 61.3 Å². The largest absolute Gasteiger partial charge is 0.454 e. The molecule has 0 atom stereocenters. The minimum atomic E-state index is -2.27. The van der Waals surface area contributed by atoms with E-state index in [2.05, 4.69) is 4.98 Å². The molecule has 5 rings (SSSR count). The molecule has 2 aliphatic rings. The number of halogens is 1. The summed E-state index contributed by atoms with van der Waals surface area (Å²) < 4.78 is 33.8. The zero-order valence-corrected chi connectivity index (χ0v) is 20.3. The lowest BCUT2D eigenvalue weighted by molar-refractivity contribution is -0.0419. The van der Waals surface area contributed by atoms with Gasteiger partial charge < -0.3 is 24.2 Å². The van der Waals surface area contributed by atoms with Gasteiger partial charge in [-0.2, -0.15) is 0 Å². The van der Waals surface area contributed by atoms with Gasteiger partial charge in [-0.1, -0.05) is 11.6 Å². The standard InChI is InChI=1S/C24H27ClN4O6/c1-23(2,3)35-22(31)27-8-6-24(32,7-9-27)12-28-13-26-20-16(21(28)30)11-19(25)29(20)15-4-5-17-18(10-15)34-14-33-17/h4-5,10-11,13,32H,6-9,12,14H2,1-3H3/i14D2. The monoisotopic (exact) mass is 504 g/mol. The van der Waals surface area contributed by atoms with Crippen LogP contribution in [0.5, 0.6) is 11.5 Å². The Morgan fingerprint density at radius 1 is 1.26 bits per heavy atom. The number of likely N-dealkylation sites (tertiary alicyclic amines) is 1. The molecular formula is C24H27ClN4O6. The van der Waals surface area contributed by atoms with E-state index in [1.807, 2.05) is 0 Å². The van der Waals surface area contributed by atoms with E-state index < -0.39 is 24.0 Å². The Hall–Kier alpha value is -3.24. The van der Waals surface area contributed by atoms with Crippen LogP contribution in [0.2, 0.25) is 5.15 Å². The number of nitrogens with zero attached hydrogens (tertiary/aromatic N) is 4. The van der Waals surface area contributed by atoms with Crippen LogP contribution in [0.4, 0.5) is 4.79 Å². The summed E-state index contributed by atoms with van der Waals surface area (Å²) in [5, 5.41) is 11.7. The summed E-state index contributed by atoms with van der Waals surface area (Å²) in [7, 11) is 0. The highest BCUT2D eigenvalue weighted by molar-refractivity contribution is 6.31. The van der Waals surface area contributed by atoms with Gasteiger partial charge in [0.1, 0.15) is 19.8 Å². The van der Waals surface area contributed by atoms with Crippen molar-refractivity contribution in [3.05, 3.63) is 46.1 Å². The zero-order chi connectivity index (χ0) is 26.8. The first-order chi connectivity index (χ1) is 17.2. The molecule has 1 N–H and O–H groups in total. The van der Waals surface area contributed by atoms with Crippen molar-refractivity contribution in [2.24, 2.45) is 0 Å². The lowest BCUT2D eigenvalue weighted by Crippen LogP contribution is -2.50. The number of fused-ring (bicyclic) bond motifs is 2. The van der Waals surface area contributed by atoms with E-state index in [1.165, 1.54) is 17.0 Å². The summed E-state index contributed by atoms with van der Waals surface area (Å²) in [4.78, 5) is 31.6. The lowest BCUT2D eigenvalue weighted by Gasteiger charge is -2.38. The van der Waals surface area contributed by atoms with Crippen LogP contribution in [0.15, 0.2) is 35.4 Å². The Kier molecular flexibility index (Phi) is 5.09. The second kappa shape index (κ2) is 8.46. The molecule has 10 nitrogen and oxygen atoms in total. The Balaban J connectivity index is 1.37. The number of aromatic nitrogens is 3. The molecule has 0 radical (unpaired) electrons. The van der Waals surface area contributed by atoms with Crippen molar-refractivity contribution in [3.63, 3.8) is 0 Å². The lowest BCUT2D eigenvalue weighted by atomic mass is 9.91. The molecule has 2 aromatic heterocycles. The number of benzene rings is 1. The van der Waals surface area contributed by atoms with Crippen molar-refractivity contribution in [1.82, 2.24) is 19.0 Å². The first-order valence-corrected chi connectivity index (χ1v) is 11.6. The fraction of sp³-hybridized carbons (Fsp3) is 0.458. The van der Waals surface area contributed by atoms with Crippen LogP contribution >= 0.6 is 11.6 Å². The number of aliphatic hydroxyl groups is 1. The van der Waals surface area contributed by atoms with E-state index in [1.54, 1.807) is 48.4 Å². The van der Waals surface area contributed by atoms with Gasteiger partial charge in [0.15, 0.2) is 17.1 Å². The second-order valence-corrected chi connectivity index (χ2v) is 10.2. The van der Waals surface area contributed by atoms with Crippen LogP contribution in [0.25, 0.3) is 16.7 Å². The molecule has 0 bridgehead atoms. The highest BCUT2D eigenvalue weighted by atomic mass is 35.5. The van der Waals surface area contributed by atoms with Gasteiger partial charge in [0.2, 0.25) is 6.75 Å². The Labute approximate surface area is 209 Å². The van der Waals surface area contributed by atoms with Gasteiger partial charge in [0.05, 0.1) is 23.2 Å². The second-order valence-electron chi connectivity index (χ2n) is 9.83. The van der Waals surface area contributed by atoms with Gasteiger partial charge in [-0.3, -0.25) is 13.9 Å². The summed E-state index contributed by atoms with van der Waals surface area (Å²) in [6, 6.07) is 6.27. The number of hydrogen-bond donors (Lipinski definition) is 1. The molecule has 0 saturated carbocycles. The van der Waals surface area contributed by atoms with Crippen molar-refractivity contribution < 1.29 is 26.9 Å². The minimum Gasteiger partial charge on any atom is -0.454 e. The molecule has 1 fully saturated rings. The average molecular weight is 505 g/mol. The molecule has 2 aliphatic heterocycles. The molecule has 3 aromatic rings. The molecular weight excluding hydrogens is 476 g/mol. The zero-order valence-electron chi connectivity index (χ0n) is 21.6. The molecule has 0 unspecified atom stereocenters. The fourth-order valence-corrected chi connectivity index (χ4v) is 4.55. The summed E-state index contributed by atoms with van der Waals surface area (Å²) in [6.07, 6.45) is 1.50. The Morgan fingerprint density at radius 3 is 2.69 bits per heavy atom. The first-order valence-electron chi connectivity index (χ1n) is 12.2. The van der Waals surface area contributed by atoms with E-state index in [-0.39, 0.29) is 47.0 Å². The number of carbonyl (C=O) groups is 1. The Morgan fingerprint density at radius 2 is 1.97 bits per heavy atom. The molecule has 1 amide bonds. The summed E-state index contributed by atoms with van der Waals surface area (Å²) >= 11 is 6.47. The van der Waals surface area contributed by atoms with Gasteiger partial charge in [0.25, 0.3) is 5.56 Å². The predicted octanol–water partition coefficient (Wildman–Crippen LogP) is 3.33. The van der Waals surface area contributed by atoms with Gasteiger partial charge in [-0.05, 0) is 51.8 Å². The third-order valence-corrected chi connectivity index (χ3v) is 6.32. The summed E-state index contributed by atoms with van der Waals surface area (Å²) in [5.41, 5.74) is -1.35. The maximum absolute atomic E-state index is 13.3. The molecule has 186 valence electrons. The van der Waals surface area contributed by atoms with E-state index in [4.69, 9.17) is 28.6 Å². The molecule has 0 aliphatic carbocycles. The SMILES string of the molecule is [2H]C1([2H])Oc2ccc(-n3c(Cl)cc4c(=O)n(CC5(O)CCN(C(=O)OC(C)(C)C)CC5)cnc43)cc2O1. The van der Waals surface area contributed by atoms with E-state index >= 15 is 0 Å². The quantitative estimate of drug-likeness (QED) is 0.582. The minimum absolute atomic E-state index is 0.0127. The number of ether oxygens (including phenoxy) is 3. The van der Waals surface area contributed by atoms with Crippen LogP contribution in [0.3, 0.4) is 0 Å². The highest BCUT2D eigenvalue weighted by Gasteiger charge is 2.36. The molecule has 0 spiro atoms. The third-order valence-electron chi connectivity index (χ3n) is 6.04. The van der Waals surface area contributed by atoms with Gasteiger partial charge in [-0.15, -0.1) is 0 Å². The van der Waals surface area contributed by atoms with Crippen molar-refractivity contribution in [2.75, 3.05) is 19.8 Å².